The van der Waals surface area contributed by atoms with Crippen molar-refractivity contribution in [3.8, 4) is 0 Å². The standard InChI is InChI=1S/C19H34N2O2.ClH/c1-2-9-21(13-17-8-3-4-10-23-17)19(22)16-11-14-6-5-7-15(12-16)18(14)20;/h14-18H,2-13,20H2,1H3;1H. The van der Waals surface area contributed by atoms with Crippen molar-refractivity contribution in [2.75, 3.05) is 19.7 Å². The van der Waals surface area contributed by atoms with E-state index in [4.69, 9.17) is 10.5 Å². The molecule has 2 bridgehead atoms. The molecule has 1 saturated heterocycles. The number of fused-ring (bicyclic) bond motifs is 2. The number of ether oxygens (including phenoxy) is 1. The molecular formula is C19H35ClN2O2. The van der Waals surface area contributed by atoms with Gasteiger partial charge in [-0.1, -0.05) is 13.3 Å². The van der Waals surface area contributed by atoms with Gasteiger partial charge in [0.1, 0.15) is 0 Å². The first kappa shape index (κ1) is 20.0. The molecule has 3 rings (SSSR count). The van der Waals surface area contributed by atoms with Crippen LogP contribution in [0.4, 0.5) is 0 Å². The lowest BCUT2D eigenvalue weighted by Gasteiger charge is -2.44. The van der Waals surface area contributed by atoms with E-state index >= 15 is 0 Å². The van der Waals surface area contributed by atoms with Crippen LogP contribution in [0, 0.1) is 17.8 Å². The molecule has 0 aromatic carbocycles. The van der Waals surface area contributed by atoms with Gasteiger partial charge in [0.05, 0.1) is 6.10 Å². The van der Waals surface area contributed by atoms with Gasteiger partial charge in [-0.2, -0.15) is 0 Å². The third kappa shape index (κ3) is 4.64. The van der Waals surface area contributed by atoms with E-state index in [1.165, 1.54) is 32.1 Å². The van der Waals surface area contributed by atoms with E-state index in [-0.39, 0.29) is 24.4 Å². The second-order valence-corrected chi connectivity index (χ2v) is 7.97. The van der Waals surface area contributed by atoms with Crippen molar-refractivity contribution in [3.63, 3.8) is 0 Å². The van der Waals surface area contributed by atoms with Crippen LogP contribution in [0.3, 0.4) is 0 Å². The number of hydrogen-bond donors (Lipinski definition) is 1. The van der Waals surface area contributed by atoms with E-state index in [0.717, 1.165) is 45.4 Å². The van der Waals surface area contributed by atoms with Crippen LogP contribution in [0.2, 0.25) is 0 Å². The van der Waals surface area contributed by atoms with E-state index in [1.807, 2.05) is 0 Å². The van der Waals surface area contributed by atoms with E-state index in [9.17, 15) is 4.79 Å². The Kier molecular flexibility index (Phi) is 7.83. The zero-order valence-corrected chi connectivity index (χ0v) is 15.9. The molecule has 3 aliphatic rings. The van der Waals surface area contributed by atoms with Crippen LogP contribution < -0.4 is 5.73 Å². The number of amides is 1. The molecule has 0 aromatic heterocycles. The highest BCUT2D eigenvalue weighted by Gasteiger charge is 2.41. The Hall–Kier alpha value is -0.320. The summed E-state index contributed by atoms with van der Waals surface area (Å²) in [6.45, 7) is 4.69. The molecule has 1 aliphatic heterocycles. The van der Waals surface area contributed by atoms with Crippen molar-refractivity contribution in [1.82, 2.24) is 4.90 Å². The monoisotopic (exact) mass is 358 g/mol. The average Bonchev–Trinajstić information content (AvgIpc) is 2.54. The van der Waals surface area contributed by atoms with Crippen molar-refractivity contribution in [3.05, 3.63) is 0 Å². The summed E-state index contributed by atoms with van der Waals surface area (Å²) in [5.74, 6) is 1.74. The van der Waals surface area contributed by atoms with Crippen LogP contribution in [0.15, 0.2) is 0 Å². The fourth-order valence-corrected chi connectivity index (χ4v) is 5.01. The molecule has 24 heavy (non-hydrogen) atoms. The fraction of sp³-hybridized carbons (Fsp3) is 0.947. The maximum atomic E-state index is 13.1. The minimum atomic E-state index is 0. The van der Waals surface area contributed by atoms with Gasteiger partial charge in [0.2, 0.25) is 5.91 Å². The number of carbonyl (C=O) groups excluding carboxylic acids is 1. The van der Waals surface area contributed by atoms with Crippen LogP contribution in [0.5, 0.6) is 0 Å². The number of halogens is 1. The molecule has 0 radical (unpaired) electrons. The first-order valence-electron chi connectivity index (χ1n) is 9.85. The van der Waals surface area contributed by atoms with Crippen LogP contribution in [0.1, 0.15) is 64.7 Å². The molecule has 5 heteroatoms. The molecule has 3 atom stereocenters. The SMILES string of the molecule is CCCN(CC1CCCCO1)C(=O)C1CC2CCCC(C1)C2N.Cl. The Morgan fingerprint density at radius 3 is 2.42 bits per heavy atom. The predicted octanol–water partition coefficient (Wildman–Crippen LogP) is 3.37. The number of rotatable bonds is 5. The van der Waals surface area contributed by atoms with E-state index in [1.54, 1.807) is 0 Å². The lowest BCUT2D eigenvalue weighted by Crippen LogP contribution is -2.51. The first-order valence-corrected chi connectivity index (χ1v) is 9.85. The summed E-state index contributed by atoms with van der Waals surface area (Å²) in [7, 11) is 0. The Morgan fingerprint density at radius 1 is 1.12 bits per heavy atom. The topological polar surface area (TPSA) is 55.6 Å². The molecule has 140 valence electrons. The summed E-state index contributed by atoms with van der Waals surface area (Å²) in [4.78, 5) is 15.2. The van der Waals surface area contributed by atoms with Crippen molar-refractivity contribution in [1.29, 1.82) is 0 Å². The fourth-order valence-electron chi connectivity index (χ4n) is 5.01. The first-order chi connectivity index (χ1) is 11.2. The lowest BCUT2D eigenvalue weighted by atomic mass is 9.65. The number of nitrogens with two attached hydrogens (primary N) is 1. The highest BCUT2D eigenvalue weighted by Crippen LogP contribution is 2.42. The van der Waals surface area contributed by atoms with E-state index in [2.05, 4.69) is 11.8 Å². The zero-order chi connectivity index (χ0) is 16.2. The maximum Gasteiger partial charge on any atom is 0.225 e. The quantitative estimate of drug-likeness (QED) is 0.819. The Balaban J connectivity index is 0.00000208. The van der Waals surface area contributed by atoms with Gasteiger partial charge in [-0.05, 0) is 63.2 Å². The minimum Gasteiger partial charge on any atom is -0.376 e. The second-order valence-electron chi connectivity index (χ2n) is 7.97. The zero-order valence-electron chi connectivity index (χ0n) is 15.1. The highest BCUT2D eigenvalue weighted by molar-refractivity contribution is 5.85. The molecule has 3 fully saturated rings. The molecule has 3 unspecified atom stereocenters. The molecule has 0 aromatic rings. The summed E-state index contributed by atoms with van der Waals surface area (Å²) in [6.07, 6.45) is 10.6. The minimum absolute atomic E-state index is 0. The predicted molar refractivity (Wildman–Crippen MR) is 99.2 cm³/mol. The highest BCUT2D eigenvalue weighted by atomic mass is 35.5. The van der Waals surface area contributed by atoms with Crippen LogP contribution >= 0.6 is 12.4 Å². The average molecular weight is 359 g/mol. The van der Waals surface area contributed by atoms with Crippen molar-refractivity contribution in [2.45, 2.75) is 76.9 Å². The van der Waals surface area contributed by atoms with Gasteiger partial charge < -0.3 is 15.4 Å². The number of carbonyl (C=O) groups is 1. The van der Waals surface area contributed by atoms with Crippen molar-refractivity contribution in [2.24, 2.45) is 23.5 Å². The molecule has 1 amide bonds. The van der Waals surface area contributed by atoms with Gasteiger partial charge in [0.25, 0.3) is 0 Å². The summed E-state index contributed by atoms with van der Waals surface area (Å²) >= 11 is 0. The molecular weight excluding hydrogens is 324 g/mol. The Bertz CT molecular complexity index is 387. The van der Waals surface area contributed by atoms with E-state index in [0.29, 0.717) is 23.8 Å². The van der Waals surface area contributed by atoms with E-state index < -0.39 is 0 Å². The normalized spacial score (nSPS) is 35.8. The third-order valence-electron chi connectivity index (χ3n) is 6.27. The van der Waals surface area contributed by atoms with Crippen LogP contribution in [-0.4, -0.2) is 42.6 Å². The molecule has 2 N–H and O–H groups in total. The number of hydrogen-bond acceptors (Lipinski definition) is 3. The van der Waals surface area contributed by atoms with Gasteiger partial charge >= 0.3 is 0 Å². The Morgan fingerprint density at radius 2 is 1.83 bits per heavy atom. The second kappa shape index (κ2) is 9.40. The van der Waals surface area contributed by atoms with Crippen LogP contribution in [-0.2, 0) is 9.53 Å². The summed E-state index contributed by atoms with van der Waals surface area (Å²) in [6, 6.07) is 0.342. The molecule has 4 nitrogen and oxygen atoms in total. The largest absolute Gasteiger partial charge is 0.376 e. The molecule has 1 heterocycles. The van der Waals surface area contributed by atoms with Crippen LogP contribution in [0.25, 0.3) is 0 Å². The lowest BCUT2D eigenvalue weighted by molar-refractivity contribution is -0.141. The van der Waals surface area contributed by atoms with Gasteiger partial charge in [-0.3, -0.25) is 4.79 Å². The Labute approximate surface area is 153 Å². The van der Waals surface area contributed by atoms with Crippen molar-refractivity contribution < 1.29 is 9.53 Å². The maximum absolute atomic E-state index is 13.1. The van der Waals surface area contributed by atoms with Crippen molar-refractivity contribution >= 4 is 18.3 Å². The summed E-state index contributed by atoms with van der Waals surface area (Å²) < 4.78 is 5.87. The summed E-state index contributed by atoms with van der Waals surface area (Å²) in [5, 5.41) is 0. The molecule has 2 aliphatic carbocycles. The van der Waals surface area contributed by atoms with Gasteiger partial charge in [-0.25, -0.2) is 0 Å². The smallest absolute Gasteiger partial charge is 0.225 e. The summed E-state index contributed by atoms with van der Waals surface area (Å²) in [5.41, 5.74) is 6.39. The third-order valence-corrected chi connectivity index (χ3v) is 6.27. The number of nitrogens with zero attached hydrogens (tertiary/aromatic N) is 1. The van der Waals surface area contributed by atoms with Gasteiger partial charge in [0, 0.05) is 31.7 Å². The van der Waals surface area contributed by atoms with Gasteiger partial charge in [0.15, 0.2) is 0 Å². The van der Waals surface area contributed by atoms with Gasteiger partial charge in [-0.15, -0.1) is 12.4 Å². The molecule has 2 saturated carbocycles. The molecule has 0 spiro atoms.